The molecule has 1 amide bonds. The van der Waals surface area contributed by atoms with E-state index in [-0.39, 0.29) is 5.91 Å². The summed E-state index contributed by atoms with van der Waals surface area (Å²) in [6.07, 6.45) is 2.87. The van der Waals surface area contributed by atoms with Crippen molar-refractivity contribution in [2.45, 2.75) is 26.2 Å². The Labute approximate surface area is 109 Å². The lowest BCUT2D eigenvalue weighted by atomic mass is 9.99. The van der Waals surface area contributed by atoms with Gasteiger partial charge >= 0.3 is 0 Å². The molecular formula is C12H16BrNOS. The van der Waals surface area contributed by atoms with Crippen molar-refractivity contribution in [3.8, 4) is 0 Å². The van der Waals surface area contributed by atoms with Crippen molar-refractivity contribution in [1.82, 2.24) is 4.90 Å². The first-order valence-electron chi connectivity index (χ1n) is 5.66. The van der Waals surface area contributed by atoms with E-state index in [4.69, 9.17) is 0 Å². The van der Waals surface area contributed by atoms with E-state index in [9.17, 15) is 4.79 Å². The summed E-state index contributed by atoms with van der Waals surface area (Å²) in [6, 6.07) is 2.04. The Kier molecular flexibility index (Phi) is 4.03. The van der Waals surface area contributed by atoms with Crippen LogP contribution in [0, 0.1) is 5.92 Å². The fourth-order valence-corrected chi connectivity index (χ4v) is 3.41. The molecular weight excluding hydrogens is 286 g/mol. The zero-order valence-electron chi connectivity index (χ0n) is 9.41. The van der Waals surface area contributed by atoms with Crippen LogP contribution in [0.3, 0.4) is 0 Å². The summed E-state index contributed by atoms with van der Waals surface area (Å²) >= 11 is 5.06. The van der Waals surface area contributed by atoms with Crippen LogP contribution in [0.1, 0.15) is 24.6 Å². The summed E-state index contributed by atoms with van der Waals surface area (Å²) in [5.41, 5.74) is 0. The molecule has 88 valence electrons. The monoisotopic (exact) mass is 301 g/mol. The Balaban J connectivity index is 1.88. The van der Waals surface area contributed by atoms with Crippen LogP contribution in [-0.2, 0) is 11.2 Å². The van der Waals surface area contributed by atoms with E-state index < -0.39 is 0 Å². The van der Waals surface area contributed by atoms with Gasteiger partial charge in [-0.25, -0.2) is 0 Å². The normalized spacial score (nSPS) is 17.8. The first-order valence-corrected chi connectivity index (χ1v) is 7.33. The molecule has 1 aliphatic rings. The van der Waals surface area contributed by atoms with Crippen LogP contribution in [0.4, 0.5) is 0 Å². The minimum absolute atomic E-state index is 0.279. The predicted molar refractivity (Wildman–Crippen MR) is 70.7 cm³/mol. The van der Waals surface area contributed by atoms with Crippen LogP contribution in [0.5, 0.6) is 0 Å². The van der Waals surface area contributed by atoms with Gasteiger partial charge in [-0.1, -0.05) is 6.92 Å². The molecule has 0 unspecified atom stereocenters. The van der Waals surface area contributed by atoms with Gasteiger partial charge in [0.05, 0.1) is 6.42 Å². The van der Waals surface area contributed by atoms with Crippen LogP contribution in [0.2, 0.25) is 0 Å². The molecule has 0 bridgehead atoms. The van der Waals surface area contributed by atoms with Crippen molar-refractivity contribution in [2.24, 2.45) is 5.92 Å². The van der Waals surface area contributed by atoms with Gasteiger partial charge in [-0.3, -0.25) is 4.79 Å². The molecule has 16 heavy (non-hydrogen) atoms. The molecule has 1 aromatic heterocycles. The van der Waals surface area contributed by atoms with Crippen LogP contribution in [0.15, 0.2) is 15.9 Å². The van der Waals surface area contributed by atoms with Gasteiger partial charge in [-0.15, -0.1) is 11.3 Å². The average Bonchev–Trinajstić information content (AvgIpc) is 2.65. The first kappa shape index (κ1) is 12.1. The van der Waals surface area contributed by atoms with Crippen molar-refractivity contribution in [3.63, 3.8) is 0 Å². The molecule has 0 saturated carbocycles. The highest BCUT2D eigenvalue weighted by atomic mass is 79.9. The third-order valence-corrected chi connectivity index (χ3v) is 4.78. The van der Waals surface area contributed by atoms with Crippen LogP contribution in [-0.4, -0.2) is 23.9 Å². The highest BCUT2D eigenvalue weighted by Crippen LogP contribution is 2.22. The molecule has 0 atom stereocenters. The summed E-state index contributed by atoms with van der Waals surface area (Å²) in [4.78, 5) is 15.2. The lowest BCUT2D eigenvalue weighted by molar-refractivity contribution is -0.131. The number of carbonyl (C=O) groups excluding carboxylic acids is 1. The third-order valence-electron chi connectivity index (χ3n) is 3.08. The van der Waals surface area contributed by atoms with Crippen molar-refractivity contribution in [3.05, 3.63) is 20.8 Å². The van der Waals surface area contributed by atoms with Crippen molar-refractivity contribution >= 4 is 33.2 Å². The lowest BCUT2D eigenvalue weighted by Gasteiger charge is -2.30. The maximum absolute atomic E-state index is 12.0. The maximum atomic E-state index is 12.0. The highest BCUT2D eigenvalue weighted by Gasteiger charge is 2.20. The fourth-order valence-electron chi connectivity index (χ4n) is 1.97. The zero-order chi connectivity index (χ0) is 11.5. The molecule has 0 radical (unpaired) electrons. The summed E-state index contributed by atoms with van der Waals surface area (Å²) in [5, 5.41) is 2.03. The Bertz CT molecular complexity index is 369. The number of hydrogen-bond donors (Lipinski definition) is 0. The van der Waals surface area contributed by atoms with E-state index >= 15 is 0 Å². The van der Waals surface area contributed by atoms with Gasteiger partial charge < -0.3 is 4.90 Å². The molecule has 2 nitrogen and oxygen atoms in total. The van der Waals surface area contributed by atoms with Crippen molar-refractivity contribution in [1.29, 1.82) is 0 Å². The number of halogens is 1. The van der Waals surface area contributed by atoms with Gasteiger partial charge in [0.2, 0.25) is 5.91 Å². The Morgan fingerprint density at radius 3 is 2.81 bits per heavy atom. The molecule has 0 spiro atoms. The van der Waals surface area contributed by atoms with Crippen molar-refractivity contribution in [2.75, 3.05) is 13.1 Å². The summed E-state index contributed by atoms with van der Waals surface area (Å²) in [5.74, 6) is 1.06. The van der Waals surface area contributed by atoms with E-state index in [2.05, 4.69) is 22.9 Å². The van der Waals surface area contributed by atoms with Gasteiger partial charge in [-0.05, 0) is 40.8 Å². The van der Waals surface area contributed by atoms with Crippen molar-refractivity contribution < 1.29 is 4.79 Å². The molecule has 2 heterocycles. The number of amides is 1. The highest BCUT2D eigenvalue weighted by molar-refractivity contribution is 9.10. The Morgan fingerprint density at radius 1 is 1.56 bits per heavy atom. The number of thiophene rings is 1. The van der Waals surface area contributed by atoms with E-state index in [0.29, 0.717) is 6.42 Å². The maximum Gasteiger partial charge on any atom is 0.227 e. The van der Waals surface area contributed by atoms with Crippen LogP contribution < -0.4 is 0 Å². The lowest BCUT2D eigenvalue weighted by Crippen LogP contribution is -2.38. The molecule has 0 aliphatic carbocycles. The van der Waals surface area contributed by atoms with Crippen LogP contribution in [0.25, 0.3) is 0 Å². The van der Waals surface area contributed by atoms with Gasteiger partial charge in [0.25, 0.3) is 0 Å². The number of piperidine rings is 1. The number of likely N-dealkylation sites (tertiary alicyclic amines) is 1. The van der Waals surface area contributed by atoms with E-state index in [1.165, 1.54) is 0 Å². The first-order chi connectivity index (χ1) is 7.65. The van der Waals surface area contributed by atoms with Gasteiger partial charge in [0, 0.05) is 27.8 Å². The molecule has 1 fully saturated rings. The second-order valence-electron chi connectivity index (χ2n) is 4.47. The average molecular weight is 302 g/mol. The van der Waals surface area contributed by atoms with Gasteiger partial charge in [0.15, 0.2) is 0 Å². The molecule has 2 rings (SSSR count). The molecule has 1 aliphatic heterocycles. The molecule has 1 saturated heterocycles. The number of carbonyl (C=O) groups is 1. The second-order valence-corrected chi connectivity index (χ2v) is 6.38. The Morgan fingerprint density at radius 2 is 2.25 bits per heavy atom. The molecule has 4 heteroatoms. The quantitative estimate of drug-likeness (QED) is 0.821. The van der Waals surface area contributed by atoms with Gasteiger partial charge in [0.1, 0.15) is 0 Å². The number of nitrogens with zero attached hydrogens (tertiary/aromatic N) is 1. The minimum Gasteiger partial charge on any atom is -0.342 e. The van der Waals surface area contributed by atoms with E-state index in [1.807, 2.05) is 16.3 Å². The van der Waals surface area contributed by atoms with E-state index in [0.717, 1.165) is 41.2 Å². The van der Waals surface area contributed by atoms with Gasteiger partial charge in [-0.2, -0.15) is 0 Å². The second kappa shape index (κ2) is 5.32. The zero-order valence-corrected chi connectivity index (χ0v) is 11.8. The fraction of sp³-hybridized carbons (Fsp3) is 0.583. The third kappa shape index (κ3) is 3.08. The molecule has 0 aromatic carbocycles. The number of hydrogen-bond acceptors (Lipinski definition) is 2. The smallest absolute Gasteiger partial charge is 0.227 e. The Hall–Kier alpha value is -0.350. The predicted octanol–water partition coefficient (Wildman–Crippen LogP) is 3.31. The molecule has 0 N–H and O–H groups in total. The summed E-state index contributed by atoms with van der Waals surface area (Å²) in [7, 11) is 0. The summed E-state index contributed by atoms with van der Waals surface area (Å²) < 4.78 is 1.08. The van der Waals surface area contributed by atoms with Crippen LogP contribution >= 0.6 is 27.3 Å². The van der Waals surface area contributed by atoms with E-state index in [1.54, 1.807) is 11.3 Å². The largest absolute Gasteiger partial charge is 0.342 e. The SMILES string of the molecule is CC1CCN(C(=O)Cc2cc(Br)cs2)CC1. The molecule has 1 aromatic rings. The minimum atomic E-state index is 0.279. The topological polar surface area (TPSA) is 20.3 Å². The summed E-state index contributed by atoms with van der Waals surface area (Å²) in [6.45, 7) is 4.14. The number of rotatable bonds is 2. The standard InChI is InChI=1S/C12H16BrNOS/c1-9-2-4-14(5-3-9)12(15)7-11-6-10(13)8-16-11/h6,8-9H,2-5,7H2,1H3.